The lowest BCUT2D eigenvalue weighted by molar-refractivity contribution is -0.136. The van der Waals surface area contributed by atoms with Crippen molar-refractivity contribution in [2.45, 2.75) is 79.0 Å². The average molecular weight is 867 g/mol. The molecule has 5 amide bonds. The van der Waals surface area contributed by atoms with Gasteiger partial charge in [-0.25, -0.2) is 14.2 Å². The first kappa shape index (κ1) is 52.9. The van der Waals surface area contributed by atoms with E-state index in [0.29, 0.717) is 18.7 Å². The van der Waals surface area contributed by atoms with Crippen LogP contribution in [-0.4, -0.2) is 131 Å². The number of phosphoric ester groups is 1. The van der Waals surface area contributed by atoms with Gasteiger partial charge < -0.3 is 45.7 Å². The van der Waals surface area contributed by atoms with Crippen molar-refractivity contribution in [1.29, 1.82) is 0 Å². The summed E-state index contributed by atoms with van der Waals surface area (Å²) >= 11 is 0. The Morgan fingerprint density at radius 3 is 2.17 bits per heavy atom. The Morgan fingerprint density at radius 2 is 1.62 bits per heavy atom. The summed E-state index contributed by atoms with van der Waals surface area (Å²) in [5.74, 6) is -2.45. The van der Waals surface area contributed by atoms with Crippen LogP contribution in [0.3, 0.4) is 0 Å². The summed E-state index contributed by atoms with van der Waals surface area (Å²) in [5.41, 5.74) is 2.27. The number of anilines is 1. The predicted molar refractivity (Wildman–Crippen MR) is 223 cm³/mol. The van der Waals surface area contributed by atoms with E-state index in [1.54, 1.807) is 12.1 Å². The van der Waals surface area contributed by atoms with E-state index in [9.17, 15) is 38.5 Å². The van der Waals surface area contributed by atoms with E-state index in [4.69, 9.17) is 18.6 Å². The summed E-state index contributed by atoms with van der Waals surface area (Å²) in [5, 5.41) is 28.3. The van der Waals surface area contributed by atoms with Gasteiger partial charge in [0.25, 0.3) is 0 Å². The Morgan fingerprint density at radius 1 is 0.967 bits per heavy atom. The molecule has 21 heteroatoms. The maximum Gasteiger partial charge on any atom is 0.472 e. The number of rotatable bonds is 23. The Kier molecular flexibility index (Phi) is 25.0. The highest BCUT2D eigenvalue weighted by atomic mass is 31.2. The Hall–Kier alpha value is -5.11. The van der Waals surface area contributed by atoms with Gasteiger partial charge in [-0.05, 0) is 56.9 Å². The number of amides is 5. The number of aliphatic hydroxyl groups excluding tert-OH is 2. The monoisotopic (exact) mass is 866 g/mol. The van der Waals surface area contributed by atoms with Crippen LogP contribution in [0.2, 0.25) is 0 Å². The fourth-order valence-electron chi connectivity index (χ4n) is 5.28. The second-order valence-corrected chi connectivity index (χ2v) is 15.1. The lowest BCUT2D eigenvalue weighted by Gasteiger charge is -2.24. The zero-order valence-electron chi connectivity index (χ0n) is 35.7. The van der Waals surface area contributed by atoms with Crippen LogP contribution < -0.4 is 26.3 Å². The second kappa shape index (κ2) is 28.4. The third kappa shape index (κ3) is 20.7. The van der Waals surface area contributed by atoms with Crippen LogP contribution in [0.1, 0.15) is 58.9 Å². The largest absolute Gasteiger partial charge is 0.472 e. The van der Waals surface area contributed by atoms with Gasteiger partial charge in [-0.3, -0.25) is 38.0 Å². The zero-order chi connectivity index (χ0) is 45.3. The number of furan rings is 1. The maximum absolute atomic E-state index is 12.8. The molecule has 2 heterocycles. The maximum atomic E-state index is 12.8. The lowest BCUT2D eigenvalue weighted by Crippen LogP contribution is -2.54. The molecule has 0 spiro atoms. The molecule has 0 radical (unpaired) electrons. The van der Waals surface area contributed by atoms with E-state index >= 15 is 0 Å². The minimum absolute atomic E-state index is 0.0151. The molecule has 7 N–H and O–H groups in total. The van der Waals surface area contributed by atoms with Gasteiger partial charge in [0.2, 0.25) is 29.5 Å². The van der Waals surface area contributed by atoms with Gasteiger partial charge in [0.05, 0.1) is 50.1 Å². The standard InChI is InChI=1S/C27H46N5O11P.C11H13N3.CH4O/c1-6-10-32(20(5)34)16-25(36)30-22(13-18(2)3)26(37)29-15-24(35)31-23(17-33)27(38)28-14-19(4)43-44(39,40)42-12-9-21-8-7-11-41-21;1-10-8-12-9-14(10)13(2)11-6-4-3-5-7-11;1-2/h7-8,11,18-19,22-23,33H,6,9-10,12-17H2,1-5H3,(H,28,38)(H,29,37)(H,30,36)(H,31,35)(H,39,40);3-9H,1-2H3;2H,1H3. The van der Waals surface area contributed by atoms with Crippen molar-refractivity contribution in [3.05, 3.63) is 72.7 Å². The van der Waals surface area contributed by atoms with Crippen LogP contribution >= 0.6 is 7.82 Å². The molecule has 336 valence electrons. The second-order valence-electron chi connectivity index (χ2n) is 13.7. The van der Waals surface area contributed by atoms with Gasteiger partial charge in [0.1, 0.15) is 24.2 Å². The first-order valence-electron chi connectivity index (χ1n) is 19.4. The number of aryl methyl sites for hydroxylation is 1. The van der Waals surface area contributed by atoms with Crippen LogP contribution in [-0.2, 0) is 44.0 Å². The van der Waals surface area contributed by atoms with Gasteiger partial charge >= 0.3 is 7.82 Å². The van der Waals surface area contributed by atoms with Crippen molar-refractivity contribution in [3.8, 4) is 0 Å². The predicted octanol–water partition coefficient (Wildman–Crippen LogP) is 1.54. The molecule has 60 heavy (non-hydrogen) atoms. The number of carbonyl (C=O) groups excluding carboxylic acids is 5. The van der Waals surface area contributed by atoms with Gasteiger partial charge in [-0.2, -0.15) is 0 Å². The Balaban J connectivity index is 0.000000928. The number of nitrogens with zero attached hydrogens (tertiary/aromatic N) is 4. The summed E-state index contributed by atoms with van der Waals surface area (Å²) in [7, 11) is -1.42. The van der Waals surface area contributed by atoms with Crippen LogP contribution in [0.25, 0.3) is 0 Å². The van der Waals surface area contributed by atoms with Gasteiger partial charge in [-0.1, -0.05) is 39.0 Å². The van der Waals surface area contributed by atoms with Crippen molar-refractivity contribution in [2.75, 3.05) is 58.6 Å². The molecule has 3 aromatic rings. The number of para-hydroxylation sites is 1. The number of hydrogen-bond donors (Lipinski definition) is 7. The van der Waals surface area contributed by atoms with Crippen molar-refractivity contribution in [1.82, 2.24) is 35.8 Å². The molecule has 0 fully saturated rings. The SMILES string of the molecule is CCCN(CC(=O)NC(CC(C)C)C(=O)NCC(=O)NC(CO)C(=O)NCC(C)OP(=O)(O)OCCc1ccco1)C(C)=O.CO.Cc1cncn1N(C)c1ccccc1. The molecule has 20 nitrogen and oxygen atoms in total. The first-order chi connectivity index (χ1) is 28.5. The van der Waals surface area contributed by atoms with Crippen molar-refractivity contribution in [3.63, 3.8) is 0 Å². The minimum Gasteiger partial charge on any atom is -0.469 e. The number of carbonyl (C=O) groups is 5. The number of hydrogen-bond acceptors (Lipinski definition) is 13. The lowest BCUT2D eigenvalue weighted by atomic mass is 10.0. The summed E-state index contributed by atoms with van der Waals surface area (Å²) in [4.78, 5) is 77.3. The summed E-state index contributed by atoms with van der Waals surface area (Å²) in [6.07, 6.45) is 5.32. The summed E-state index contributed by atoms with van der Waals surface area (Å²) in [6.45, 7) is 8.83. The van der Waals surface area contributed by atoms with Gasteiger partial charge in [0.15, 0.2) is 0 Å². The number of nitrogens with one attached hydrogen (secondary N) is 4. The molecule has 3 rings (SSSR count). The Bertz CT molecular complexity index is 1760. The van der Waals surface area contributed by atoms with E-state index in [0.717, 1.165) is 18.5 Å². The van der Waals surface area contributed by atoms with E-state index in [1.807, 2.05) is 70.1 Å². The first-order valence-corrected chi connectivity index (χ1v) is 20.9. The summed E-state index contributed by atoms with van der Waals surface area (Å²) in [6, 6.07) is 11.2. The number of aromatic nitrogens is 2. The molecule has 4 unspecified atom stereocenters. The summed E-state index contributed by atoms with van der Waals surface area (Å²) < 4.78 is 29.1. The average Bonchev–Trinajstić information content (AvgIpc) is 3.90. The normalized spacial score (nSPS) is 13.1. The van der Waals surface area contributed by atoms with Crippen molar-refractivity contribution < 1.29 is 57.1 Å². The topological polar surface area (TPSA) is 267 Å². The molecule has 0 saturated heterocycles. The molecule has 0 saturated carbocycles. The van der Waals surface area contributed by atoms with E-state index in [1.165, 1.54) is 25.0 Å². The van der Waals surface area contributed by atoms with Crippen LogP contribution in [0.4, 0.5) is 5.69 Å². The number of benzene rings is 1. The number of imidazole rings is 1. The van der Waals surface area contributed by atoms with Crippen LogP contribution in [0, 0.1) is 12.8 Å². The number of phosphoric acid groups is 1. The van der Waals surface area contributed by atoms with Crippen molar-refractivity contribution in [2.24, 2.45) is 5.92 Å². The highest BCUT2D eigenvalue weighted by molar-refractivity contribution is 7.47. The zero-order valence-corrected chi connectivity index (χ0v) is 36.6. The molecule has 0 aliphatic heterocycles. The number of aliphatic hydroxyl groups is 2. The molecule has 2 aromatic heterocycles. The molecule has 0 aliphatic rings. The quantitative estimate of drug-likeness (QED) is 0.0667. The molecule has 0 bridgehead atoms. The molecular weight excluding hydrogens is 803 g/mol. The fraction of sp³-hybridized carbons (Fsp3) is 0.538. The molecule has 0 aliphatic carbocycles. The van der Waals surface area contributed by atoms with Gasteiger partial charge in [0, 0.05) is 46.8 Å². The highest BCUT2D eigenvalue weighted by Gasteiger charge is 2.27. The van der Waals surface area contributed by atoms with Crippen LogP contribution in [0.15, 0.2) is 65.7 Å². The third-order valence-electron chi connectivity index (χ3n) is 8.20. The van der Waals surface area contributed by atoms with E-state index in [-0.39, 0.29) is 44.4 Å². The minimum atomic E-state index is -4.44. The van der Waals surface area contributed by atoms with Crippen molar-refractivity contribution >= 4 is 43.0 Å². The van der Waals surface area contributed by atoms with Crippen LogP contribution in [0.5, 0.6) is 0 Å². The smallest absolute Gasteiger partial charge is 0.469 e. The molecule has 1 aromatic carbocycles. The van der Waals surface area contributed by atoms with E-state index < -0.39 is 62.8 Å². The highest BCUT2D eigenvalue weighted by Crippen LogP contribution is 2.44. The van der Waals surface area contributed by atoms with E-state index in [2.05, 4.69) is 43.4 Å². The Labute approximate surface area is 351 Å². The van der Waals surface area contributed by atoms with Gasteiger partial charge in [-0.15, -0.1) is 0 Å². The molecule has 4 atom stereocenters. The fourth-order valence-corrected chi connectivity index (χ4v) is 6.19. The molecular formula is C39H63N8O12P. The third-order valence-corrected chi connectivity index (χ3v) is 9.34.